The molecule has 0 radical (unpaired) electrons. The molecule has 9 heterocycles. The van der Waals surface area contributed by atoms with Crippen molar-refractivity contribution in [3.63, 3.8) is 0 Å². The third-order valence-corrected chi connectivity index (χ3v) is 23.2. The number of aliphatic hydroxyl groups excluding tert-OH is 2. The second kappa shape index (κ2) is 54.3. The minimum absolute atomic E-state index is 0. The normalized spacial score (nSPS) is 35.3. The second-order valence-corrected chi connectivity index (χ2v) is 33.5. The van der Waals surface area contributed by atoms with Gasteiger partial charge in [-0.3, -0.25) is 34.7 Å². The van der Waals surface area contributed by atoms with Crippen LogP contribution in [0.3, 0.4) is 0 Å². The Bertz CT molecular complexity index is 4030. The average Bonchev–Trinajstić information content (AvgIpc) is 1.50. The van der Waals surface area contributed by atoms with E-state index in [0.717, 1.165) is 61.1 Å². The van der Waals surface area contributed by atoms with Crippen molar-refractivity contribution in [2.75, 3.05) is 74.3 Å². The number of fused-ring (bicyclic) bond motifs is 4. The van der Waals surface area contributed by atoms with Gasteiger partial charge in [0.15, 0.2) is 49.3 Å². The van der Waals surface area contributed by atoms with Gasteiger partial charge in [0.05, 0.1) is 50.4 Å². The molecule has 6 N–H and O–H groups in total. The number of rotatable bonds is 43. The van der Waals surface area contributed by atoms with E-state index in [0.29, 0.717) is 12.8 Å². The number of carboxylic acids is 2. The third kappa shape index (κ3) is 34.6. The van der Waals surface area contributed by atoms with Gasteiger partial charge in [0, 0.05) is 65.9 Å². The van der Waals surface area contributed by atoms with Crippen LogP contribution in [0.15, 0.2) is 0 Å². The predicted octanol–water partition coefficient (Wildman–Crippen LogP) is -35.5. The van der Waals surface area contributed by atoms with E-state index in [9.17, 15) is 122 Å². The molecule has 2 bridgehead atoms. The third-order valence-electron chi connectivity index (χ3n) is 19.0. The van der Waals surface area contributed by atoms with E-state index in [1.807, 2.05) is 0 Å². The summed E-state index contributed by atoms with van der Waals surface area (Å²) in [5, 5.41) is 61.5. The summed E-state index contributed by atoms with van der Waals surface area (Å²) in [5.41, 5.74) is -6.66. The Hall–Kier alpha value is 4.04. The molecule has 121 heavy (non-hydrogen) atoms. The number of carboxylic acid groups (broad SMARTS) is 2. The number of nitrogens with one attached hydrogen (secondary N) is 4. The molecule has 67 heteroatoms. The number of amides is 4. The van der Waals surface area contributed by atoms with Crippen LogP contribution in [-0.2, 0) is 178 Å². The molecule has 4 amide bonds. The molecule has 0 aliphatic carbocycles. The number of methoxy groups -OCH3 is 5. The number of hydrogen-bond acceptors (Lipinski definition) is 49. The minimum atomic E-state index is -6.55. The fourth-order valence-electron chi connectivity index (χ4n) is 14.0. The summed E-state index contributed by atoms with van der Waals surface area (Å²) in [4.78, 5) is 65.7. The first-order valence-corrected chi connectivity index (χ1v) is 42.6. The number of urea groups is 1. The van der Waals surface area contributed by atoms with Crippen LogP contribution in [0.1, 0.15) is 64.7 Å². The van der Waals surface area contributed by atoms with Gasteiger partial charge in [-0.1, -0.05) is 19.8 Å². The van der Waals surface area contributed by atoms with E-state index in [-0.39, 0.29) is 298 Å². The smallest absolute Gasteiger partial charge is 0.726 e. The van der Waals surface area contributed by atoms with Gasteiger partial charge in [0.25, 0.3) is 0 Å². The van der Waals surface area contributed by atoms with E-state index in [1.54, 1.807) is 11.8 Å². The summed E-state index contributed by atoms with van der Waals surface area (Å²) in [6.45, 7) is -4.84. The summed E-state index contributed by atoms with van der Waals surface area (Å²) >= 11 is 1.73. The minimum Gasteiger partial charge on any atom is -0.726 e. The van der Waals surface area contributed by atoms with Gasteiger partial charge in [-0.05, 0) is 32.1 Å². The molecule has 9 aliphatic rings. The molecule has 52 nitrogen and oxygen atoms in total. The zero-order valence-electron chi connectivity index (χ0n) is 67.6. The van der Waals surface area contributed by atoms with Crippen LogP contribution >= 0.6 is 11.8 Å². The van der Waals surface area contributed by atoms with Crippen molar-refractivity contribution in [2.45, 2.75) is 235 Å². The van der Waals surface area contributed by atoms with E-state index in [1.165, 1.54) is 0 Å². The van der Waals surface area contributed by atoms with Crippen molar-refractivity contribution in [1.29, 1.82) is 0 Å². The standard InChI is InChI=1S/C54H88N4O48S7.8Na/c1-7-53(50(63)64)43(100-45-30(32(62)31(61)23(95-45)17-92-108(68,69)70)57-28(60)15-9-8-12-16-55-27(59)14-11-10-13-26-29-22(20-107-26)56-52(67)58-29)37(87-3)39(89-5)48(102-53)99-34-25(19-94-110(74,75)76)97-47(42(106-113(83,84)85)36(34)104-111(77,78)79)101-44-38(88-4)40-49(103-54(44,21-91-40)51(65)66)98-33-24(18-93-109(71,72)73)96-46(90-6)41(35(33)86-2)105-112(80,81)82;;;;;;;;/h22-26,29-49,61-62H,7-21H2,1-6H3,(H,55,59)(H,57,60)(H,63,64)(H,65,66)(H2,56,58,67)(H,68,69,70)(H,71,72,73)(H,74,75,76)(H,77,78,79)(H,80,81,82)(H,83,84,85);;;;;;;;/q;8*+1/p-8/t22?,23-,24-,25-,26?,29?,30-,31-,32-,33-,34-,35+,36+,37-,38-,39-,40-,41-,42-,43+,44+,45+,46+,47-,48-,49?,53+,54+;;;;;;;;/m1......../s1. The zero-order valence-corrected chi connectivity index (χ0v) is 89.4. The van der Waals surface area contributed by atoms with Crippen LogP contribution in [0.5, 0.6) is 0 Å². The molecule has 9 rings (SSSR count). The molecule has 0 aromatic carbocycles. The van der Waals surface area contributed by atoms with Crippen LogP contribution < -0.4 is 268 Å². The van der Waals surface area contributed by atoms with Crippen molar-refractivity contribution < 1.29 is 455 Å². The molecule has 9 fully saturated rings. The van der Waals surface area contributed by atoms with E-state index < -0.39 is 266 Å². The molecular weight excluding hydrogens is 1880 g/mol. The monoisotopic (exact) mass is 1960 g/mol. The number of carbonyl (C=O) groups is 5. The Morgan fingerprint density at radius 1 is 0.496 bits per heavy atom. The van der Waals surface area contributed by atoms with Crippen LogP contribution in [-0.4, -0.2) is 362 Å². The van der Waals surface area contributed by atoms with Crippen LogP contribution in [0.25, 0.3) is 0 Å². The number of carbonyl (C=O) groups excluding carboxylic acids is 5. The molecule has 654 valence electrons. The number of hydrogen-bond donors (Lipinski definition) is 6. The second-order valence-electron chi connectivity index (χ2n) is 26.0. The Morgan fingerprint density at radius 2 is 0.975 bits per heavy atom. The van der Waals surface area contributed by atoms with Gasteiger partial charge >= 0.3 is 242 Å². The molecule has 4 unspecified atom stereocenters. The summed E-state index contributed by atoms with van der Waals surface area (Å²) in [5.74, 6) is -5.28. The van der Waals surface area contributed by atoms with Crippen molar-refractivity contribution in [2.24, 2.45) is 0 Å². The van der Waals surface area contributed by atoms with Crippen molar-refractivity contribution in [3.05, 3.63) is 0 Å². The Labute approximate surface area is 876 Å². The summed E-state index contributed by atoms with van der Waals surface area (Å²) in [6, 6.07) is -2.25. The topological polar surface area (TPSA) is 757 Å². The van der Waals surface area contributed by atoms with Crippen LogP contribution in [0.4, 0.5) is 4.79 Å². The fourth-order valence-corrected chi connectivity index (χ4v) is 17.9. The van der Waals surface area contributed by atoms with Gasteiger partial charge in [-0.15, -0.1) is 0 Å². The molecule has 0 aromatic rings. The largest absolute Gasteiger partial charge is 1.00 e. The van der Waals surface area contributed by atoms with E-state index in [2.05, 4.69) is 42.2 Å². The quantitative estimate of drug-likeness (QED) is 0.0109. The number of aliphatic hydroxyl groups is 2. The van der Waals surface area contributed by atoms with Gasteiger partial charge in [-0.25, -0.2) is 55.3 Å². The van der Waals surface area contributed by atoms with Crippen molar-refractivity contribution in [3.8, 4) is 0 Å². The first-order chi connectivity index (χ1) is 52.6. The zero-order chi connectivity index (χ0) is 83.9. The molecule has 0 saturated carbocycles. The maximum Gasteiger partial charge on any atom is 1.00 e. The maximum atomic E-state index is 13.9. The fraction of sp³-hybridized carbons (Fsp3) is 0.907. The number of ether oxygens (including phenoxy) is 15. The number of thioether (sulfide) groups is 1. The summed E-state index contributed by atoms with van der Waals surface area (Å²) in [6.07, 6.45) is -52.6. The molecule has 0 aromatic heterocycles. The molecule has 9 saturated heterocycles. The van der Waals surface area contributed by atoms with Gasteiger partial charge < -0.3 is 150 Å². The Morgan fingerprint density at radius 3 is 1.48 bits per heavy atom. The van der Waals surface area contributed by atoms with Gasteiger partial charge in [-0.2, -0.15) is 11.8 Å². The number of unbranched alkanes of at least 4 members (excludes halogenated alkanes) is 3. The van der Waals surface area contributed by atoms with Crippen LogP contribution in [0.2, 0.25) is 0 Å². The molecular formula is C54H80N4Na8O48S7. The van der Waals surface area contributed by atoms with Crippen molar-refractivity contribution >= 4 is 104 Å². The SMILES string of the molecule is CC[C@]1(C(=O)[O-])O[C@@H](O[C@H]2[C@H](OS(=O)(=O)[O-])[C@@H](OS(=O)(=O)[O-])[C@@H](O[C@H]3[C@H](OC)[C@H]4OC[C@]3(C(=O)[O-])OC4O[C@H]3[C@H](OC)[C@@H](OS(=O)(=O)[O-])[C@@H](OC)O[C@@H]3COS(=O)(=O)[O-])O[C@@H]2COS(=O)(=O)[O-])[C@H](OC)[C@@H](OC)[C@@H]1O[C@@H]1O[C@H](COS(=O)(=O)[O-])[C@@H](O)[C@H](O)[C@H]1NC(=O)CCCCCNC(=O)CCCCC1SCC2NC(=O)NC21.[Na+].[Na+].[Na+].[Na+].[Na+].[Na+].[Na+].[Na+]. The van der Waals surface area contributed by atoms with E-state index >= 15 is 0 Å². The Balaban J connectivity index is 0.0000180. The summed E-state index contributed by atoms with van der Waals surface area (Å²) < 4.78 is 333. The molecule has 9 aliphatic heterocycles. The van der Waals surface area contributed by atoms with Gasteiger partial charge in [0.1, 0.15) is 103 Å². The predicted molar refractivity (Wildman–Crippen MR) is 341 cm³/mol. The van der Waals surface area contributed by atoms with Crippen LogP contribution in [0, 0.1) is 0 Å². The first-order valence-electron chi connectivity index (χ1n) is 33.6. The first kappa shape index (κ1) is 125. The maximum absolute atomic E-state index is 13.9. The summed E-state index contributed by atoms with van der Waals surface area (Å²) in [7, 11) is -32.3. The molecule has 28 atom stereocenters. The Kier molecular flexibility index (Phi) is 56.1. The van der Waals surface area contributed by atoms with E-state index in [4.69, 9.17) is 75.2 Å². The molecule has 0 spiro atoms. The number of aliphatic carboxylic acids is 2. The average molecular weight is 1960 g/mol. The van der Waals surface area contributed by atoms with Crippen molar-refractivity contribution in [1.82, 2.24) is 21.3 Å². The van der Waals surface area contributed by atoms with Gasteiger partial charge in [0.2, 0.25) is 74.2 Å².